The van der Waals surface area contributed by atoms with Crippen LogP contribution in [0, 0.1) is 0 Å². The fraction of sp³-hybridized carbons (Fsp3) is 0.714. The van der Waals surface area contributed by atoms with Crippen LogP contribution >= 0.6 is 0 Å². The molecule has 1 amide bonds. The van der Waals surface area contributed by atoms with Crippen LogP contribution in [-0.4, -0.2) is 48.7 Å². The summed E-state index contributed by atoms with van der Waals surface area (Å²) >= 11 is 0. The van der Waals surface area contributed by atoms with E-state index >= 15 is 0 Å². The summed E-state index contributed by atoms with van der Waals surface area (Å²) in [5.74, 6) is 0.234. The van der Waals surface area contributed by atoms with Crippen molar-refractivity contribution < 1.29 is 14.1 Å². The maximum atomic E-state index is 11.9. The molecule has 114 valence electrons. The second-order valence-corrected chi connectivity index (χ2v) is 4.78. The number of nitrogens with zero attached hydrogens (tertiary/aromatic N) is 2. The lowest BCUT2D eigenvalue weighted by molar-refractivity contribution is 0.0899. The van der Waals surface area contributed by atoms with Gasteiger partial charge in [-0.2, -0.15) is 0 Å². The number of ether oxygens (including phenoxy) is 1. The average molecular weight is 283 g/mol. The number of hydrogen-bond acceptors (Lipinski definition) is 5. The van der Waals surface area contributed by atoms with Crippen molar-refractivity contribution in [2.24, 2.45) is 0 Å². The molecule has 6 heteroatoms. The van der Waals surface area contributed by atoms with Crippen LogP contribution in [0.3, 0.4) is 0 Å². The highest BCUT2D eigenvalue weighted by Crippen LogP contribution is 2.10. The van der Waals surface area contributed by atoms with E-state index in [-0.39, 0.29) is 17.7 Å². The van der Waals surface area contributed by atoms with Gasteiger partial charge in [0.1, 0.15) is 0 Å². The molecule has 20 heavy (non-hydrogen) atoms. The van der Waals surface area contributed by atoms with Gasteiger partial charge in [-0.05, 0) is 44.6 Å². The van der Waals surface area contributed by atoms with Crippen molar-refractivity contribution in [3.05, 3.63) is 11.8 Å². The molecule has 1 aromatic heterocycles. The van der Waals surface area contributed by atoms with Gasteiger partial charge in [0.2, 0.25) is 5.76 Å². The van der Waals surface area contributed by atoms with E-state index in [1.54, 1.807) is 0 Å². The van der Waals surface area contributed by atoms with Crippen molar-refractivity contribution in [2.45, 2.75) is 39.7 Å². The second kappa shape index (κ2) is 8.58. The maximum absolute atomic E-state index is 11.9. The molecule has 0 bridgehead atoms. The third-order valence-electron chi connectivity index (χ3n) is 3.30. The van der Waals surface area contributed by atoms with Crippen molar-refractivity contribution in [1.29, 1.82) is 0 Å². The van der Waals surface area contributed by atoms with Crippen LogP contribution in [0.5, 0.6) is 5.88 Å². The van der Waals surface area contributed by atoms with Crippen LogP contribution < -0.4 is 10.1 Å². The highest BCUT2D eigenvalue weighted by atomic mass is 16.5. The van der Waals surface area contributed by atoms with Crippen molar-refractivity contribution in [2.75, 3.05) is 26.7 Å². The van der Waals surface area contributed by atoms with E-state index in [9.17, 15) is 4.79 Å². The van der Waals surface area contributed by atoms with Gasteiger partial charge in [-0.25, -0.2) is 0 Å². The van der Waals surface area contributed by atoms with Crippen LogP contribution in [0.1, 0.15) is 44.2 Å². The number of carbonyl (C=O) groups excluding carboxylic acids is 1. The van der Waals surface area contributed by atoms with E-state index in [1.807, 2.05) is 6.92 Å². The summed E-state index contributed by atoms with van der Waals surface area (Å²) < 4.78 is 9.78. The number of hydrogen-bond donors (Lipinski definition) is 1. The van der Waals surface area contributed by atoms with Gasteiger partial charge in [-0.3, -0.25) is 4.79 Å². The van der Waals surface area contributed by atoms with Gasteiger partial charge in [0.15, 0.2) is 0 Å². The molecule has 6 nitrogen and oxygen atoms in total. The third-order valence-corrected chi connectivity index (χ3v) is 3.30. The van der Waals surface area contributed by atoms with E-state index in [2.05, 4.69) is 29.2 Å². The molecule has 1 rings (SSSR count). The largest absolute Gasteiger partial charge is 0.479 e. The number of amides is 1. The molecule has 1 unspecified atom stereocenters. The smallest absolute Gasteiger partial charge is 0.290 e. The van der Waals surface area contributed by atoms with E-state index in [0.29, 0.717) is 5.88 Å². The molecule has 0 spiro atoms. The molecule has 1 N–H and O–H groups in total. The Hall–Kier alpha value is -1.56. The summed E-state index contributed by atoms with van der Waals surface area (Å²) in [4.78, 5) is 14.3. The van der Waals surface area contributed by atoms with E-state index in [1.165, 1.54) is 13.2 Å². The molecule has 0 aliphatic heterocycles. The second-order valence-electron chi connectivity index (χ2n) is 4.78. The Bertz CT molecular complexity index is 402. The van der Waals surface area contributed by atoms with Crippen molar-refractivity contribution in [3.8, 4) is 5.88 Å². The first kappa shape index (κ1) is 16.5. The summed E-state index contributed by atoms with van der Waals surface area (Å²) in [6, 6.07) is 1.59. The molecule has 1 atom stereocenters. The van der Waals surface area contributed by atoms with Gasteiger partial charge in [-0.15, -0.1) is 0 Å². The highest BCUT2D eigenvalue weighted by molar-refractivity contribution is 5.91. The van der Waals surface area contributed by atoms with Crippen molar-refractivity contribution in [3.63, 3.8) is 0 Å². The first-order valence-electron chi connectivity index (χ1n) is 7.14. The molecule has 1 heterocycles. The predicted octanol–water partition coefficient (Wildman–Crippen LogP) is 1.92. The van der Waals surface area contributed by atoms with Crippen LogP contribution in [-0.2, 0) is 0 Å². The summed E-state index contributed by atoms with van der Waals surface area (Å²) in [7, 11) is 1.48. The zero-order chi connectivity index (χ0) is 15.0. The molecule has 0 radical (unpaired) electrons. The van der Waals surface area contributed by atoms with E-state index in [4.69, 9.17) is 9.26 Å². The van der Waals surface area contributed by atoms with Crippen LogP contribution in [0.4, 0.5) is 0 Å². The summed E-state index contributed by atoms with van der Waals surface area (Å²) in [6.45, 7) is 9.50. The molecule has 1 aromatic rings. The Morgan fingerprint density at radius 3 is 2.75 bits per heavy atom. The lowest BCUT2D eigenvalue weighted by atomic mass is 10.1. The minimum Gasteiger partial charge on any atom is -0.479 e. The Kier molecular flexibility index (Phi) is 7.08. The Balaban J connectivity index is 2.31. The van der Waals surface area contributed by atoms with Crippen LogP contribution in [0.25, 0.3) is 0 Å². The fourth-order valence-electron chi connectivity index (χ4n) is 1.99. The summed E-state index contributed by atoms with van der Waals surface area (Å²) in [5, 5.41) is 6.50. The monoisotopic (exact) mass is 283 g/mol. The quantitative estimate of drug-likeness (QED) is 0.750. The van der Waals surface area contributed by atoms with Gasteiger partial charge in [0.05, 0.1) is 13.2 Å². The van der Waals surface area contributed by atoms with Crippen LogP contribution in [0.15, 0.2) is 10.6 Å². The summed E-state index contributed by atoms with van der Waals surface area (Å²) in [6.07, 6.45) is 2.00. The first-order chi connectivity index (χ1) is 9.60. The number of aromatic nitrogens is 1. The normalized spacial score (nSPS) is 12.4. The third kappa shape index (κ3) is 5.21. The van der Waals surface area contributed by atoms with E-state index < -0.39 is 0 Å². The standard InChI is InChI=1S/C14H25N3O3/c1-5-17(6-2)9-7-8-11(3)15-14(18)12-10-13(19-4)16-20-12/h10-11H,5-9H2,1-4H3,(H,15,18). The number of methoxy groups -OCH3 is 1. The first-order valence-corrected chi connectivity index (χ1v) is 7.14. The minimum absolute atomic E-state index is 0.106. The average Bonchev–Trinajstić information content (AvgIpc) is 2.92. The van der Waals surface area contributed by atoms with E-state index in [0.717, 1.165) is 32.5 Å². The number of nitrogens with one attached hydrogen (secondary N) is 1. The Morgan fingerprint density at radius 2 is 2.20 bits per heavy atom. The SMILES string of the molecule is CCN(CC)CCCC(C)NC(=O)c1cc(OC)no1. The molecule has 0 saturated heterocycles. The number of carbonyl (C=O) groups is 1. The lowest BCUT2D eigenvalue weighted by Gasteiger charge is -2.19. The zero-order valence-electron chi connectivity index (χ0n) is 12.8. The molecular formula is C14H25N3O3. The topological polar surface area (TPSA) is 67.6 Å². The molecule has 0 saturated carbocycles. The Morgan fingerprint density at radius 1 is 1.50 bits per heavy atom. The Labute approximate surface area is 120 Å². The molecule has 0 fully saturated rings. The van der Waals surface area contributed by atoms with Crippen LogP contribution in [0.2, 0.25) is 0 Å². The minimum atomic E-state index is -0.254. The summed E-state index contributed by atoms with van der Waals surface area (Å²) in [5.41, 5.74) is 0. The zero-order valence-corrected chi connectivity index (χ0v) is 12.8. The molecule has 0 aromatic carbocycles. The predicted molar refractivity (Wildman–Crippen MR) is 77.0 cm³/mol. The molecule has 0 aliphatic carbocycles. The van der Waals surface area contributed by atoms with Gasteiger partial charge in [-0.1, -0.05) is 13.8 Å². The van der Waals surface area contributed by atoms with Gasteiger partial charge < -0.3 is 19.5 Å². The molecule has 0 aliphatic rings. The van der Waals surface area contributed by atoms with Crippen molar-refractivity contribution in [1.82, 2.24) is 15.4 Å². The van der Waals surface area contributed by atoms with Gasteiger partial charge >= 0.3 is 0 Å². The number of rotatable bonds is 9. The molecular weight excluding hydrogens is 258 g/mol. The maximum Gasteiger partial charge on any atom is 0.290 e. The highest BCUT2D eigenvalue weighted by Gasteiger charge is 2.15. The fourth-order valence-corrected chi connectivity index (χ4v) is 1.99. The van der Waals surface area contributed by atoms with Gasteiger partial charge in [0.25, 0.3) is 11.8 Å². The van der Waals surface area contributed by atoms with Crippen molar-refractivity contribution >= 4 is 5.91 Å². The van der Waals surface area contributed by atoms with Gasteiger partial charge in [0, 0.05) is 6.04 Å². The lowest BCUT2D eigenvalue weighted by Crippen LogP contribution is -2.33.